The maximum atomic E-state index is 13.2. The van der Waals surface area contributed by atoms with E-state index in [9.17, 15) is 9.59 Å². The van der Waals surface area contributed by atoms with Gasteiger partial charge in [0.25, 0.3) is 5.91 Å². The van der Waals surface area contributed by atoms with Crippen molar-refractivity contribution in [3.05, 3.63) is 94.8 Å². The first-order valence-electron chi connectivity index (χ1n) is 12.9. The van der Waals surface area contributed by atoms with Crippen LogP contribution >= 0.6 is 0 Å². The van der Waals surface area contributed by atoms with Crippen LogP contribution in [0.25, 0.3) is 0 Å². The zero-order chi connectivity index (χ0) is 25.1. The van der Waals surface area contributed by atoms with Gasteiger partial charge >= 0.3 is 0 Å². The van der Waals surface area contributed by atoms with Crippen LogP contribution in [0.2, 0.25) is 0 Å². The van der Waals surface area contributed by atoms with Crippen LogP contribution in [0, 0.1) is 12.8 Å². The number of aryl methyl sites for hydroxylation is 1. The summed E-state index contributed by atoms with van der Waals surface area (Å²) in [6.07, 6.45) is 6.16. The lowest BCUT2D eigenvalue weighted by atomic mass is 9.87. The molecule has 6 nitrogen and oxygen atoms in total. The van der Waals surface area contributed by atoms with Crippen molar-refractivity contribution in [2.75, 3.05) is 6.54 Å². The van der Waals surface area contributed by atoms with Crippen molar-refractivity contribution in [2.45, 2.75) is 58.2 Å². The third-order valence-electron chi connectivity index (χ3n) is 7.11. The highest BCUT2D eigenvalue weighted by Gasteiger charge is 2.39. The van der Waals surface area contributed by atoms with E-state index in [0.29, 0.717) is 18.7 Å². The van der Waals surface area contributed by atoms with Crippen molar-refractivity contribution in [1.29, 1.82) is 0 Å². The Balaban J connectivity index is 1.39. The van der Waals surface area contributed by atoms with Gasteiger partial charge in [0.1, 0.15) is 5.75 Å². The number of rotatable bonds is 8. The third kappa shape index (κ3) is 5.27. The minimum absolute atomic E-state index is 0.146. The molecule has 36 heavy (non-hydrogen) atoms. The average Bonchev–Trinajstić information content (AvgIpc) is 3.76. The maximum absolute atomic E-state index is 13.2. The van der Waals surface area contributed by atoms with E-state index in [1.807, 2.05) is 36.1 Å². The summed E-state index contributed by atoms with van der Waals surface area (Å²) in [5.41, 5.74) is 5.60. The zero-order valence-electron chi connectivity index (χ0n) is 20.9. The molecule has 1 N–H and O–H groups in total. The van der Waals surface area contributed by atoms with Gasteiger partial charge in [-0.25, -0.2) is 0 Å². The van der Waals surface area contributed by atoms with Gasteiger partial charge in [0.05, 0.1) is 6.04 Å². The summed E-state index contributed by atoms with van der Waals surface area (Å²) in [5.74, 6) is 0.914. The Morgan fingerprint density at radius 2 is 1.83 bits per heavy atom. The molecule has 6 heteroatoms. The van der Waals surface area contributed by atoms with Crippen molar-refractivity contribution in [2.24, 2.45) is 5.92 Å². The molecule has 0 radical (unpaired) electrons. The number of ether oxygens (including phenoxy) is 1. The number of carbonyl (C=O) groups is 2. The molecule has 1 fully saturated rings. The number of aromatic nitrogens is 1. The fourth-order valence-electron chi connectivity index (χ4n) is 4.87. The number of hydrogen-bond acceptors (Lipinski definition) is 4. The second-order valence-electron chi connectivity index (χ2n) is 9.82. The van der Waals surface area contributed by atoms with E-state index in [1.54, 1.807) is 12.4 Å². The second kappa shape index (κ2) is 10.5. The Kier molecular flexibility index (Phi) is 7.03. The number of carbonyl (C=O) groups excluding carboxylic acids is 2. The fourth-order valence-corrected chi connectivity index (χ4v) is 4.87. The summed E-state index contributed by atoms with van der Waals surface area (Å²) in [6, 6.07) is 18.1. The molecule has 2 unspecified atom stereocenters. The standard InChI is InChI=1S/C30H33N3O3/c1-3-27(29(34)32-19-21-12-15-31-16-13-21)36-25-11-10-22-14-17-33(30(35)24-8-9-24)28(26(22)18-25)23-6-4-20(2)5-7-23/h4-7,10-13,15-16,18,24,27-28H,3,8-9,14,17,19H2,1-2H3,(H,32,34). The Hall–Kier alpha value is -3.67. The molecule has 0 spiro atoms. The minimum Gasteiger partial charge on any atom is -0.481 e. The lowest BCUT2D eigenvalue weighted by Gasteiger charge is -2.38. The van der Waals surface area contributed by atoms with Crippen LogP contribution in [-0.4, -0.2) is 34.3 Å². The van der Waals surface area contributed by atoms with Crippen molar-refractivity contribution in [3.63, 3.8) is 0 Å². The van der Waals surface area contributed by atoms with Crippen LogP contribution in [0.1, 0.15) is 60.0 Å². The average molecular weight is 484 g/mol. The number of nitrogens with one attached hydrogen (secondary N) is 1. The third-order valence-corrected chi connectivity index (χ3v) is 7.11. The first-order chi connectivity index (χ1) is 17.5. The number of fused-ring (bicyclic) bond motifs is 1. The summed E-state index contributed by atoms with van der Waals surface area (Å²) in [4.78, 5) is 32.2. The highest BCUT2D eigenvalue weighted by Crippen LogP contribution is 2.41. The van der Waals surface area contributed by atoms with Crippen molar-refractivity contribution < 1.29 is 14.3 Å². The summed E-state index contributed by atoms with van der Waals surface area (Å²) < 4.78 is 6.21. The Morgan fingerprint density at radius 3 is 2.53 bits per heavy atom. The fraction of sp³-hybridized carbons (Fsp3) is 0.367. The van der Waals surface area contributed by atoms with Gasteiger partial charge in [0, 0.05) is 31.4 Å². The molecule has 1 aromatic heterocycles. The van der Waals surface area contributed by atoms with Gasteiger partial charge in [-0.15, -0.1) is 0 Å². The molecule has 0 bridgehead atoms. The highest BCUT2D eigenvalue weighted by atomic mass is 16.5. The molecular formula is C30H33N3O3. The summed E-state index contributed by atoms with van der Waals surface area (Å²) in [7, 11) is 0. The van der Waals surface area contributed by atoms with Crippen LogP contribution in [0.5, 0.6) is 5.75 Å². The van der Waals surface area contributed by atoms with Gasteiger partial charge in [0.2, 0.25) is 5.91 Å². The molecule has 5 rings (SSSR count). The molecule has 2 amide bonds. The van der Waals surface area contributed by atoms with Crippen LogP contribution < -0.4 is 10.1 Å². The molecular weight excluding hydrogens is 450 g/mol. The number of pyridine rings is 1. The normalized spacial score (nSPS) is 17.7. The van der Waals surface area contributed by atoms with Gasteiger partial charge in [-0.1, -0.05) is 42.8 Å². The minimum atomic E-state index is -0.601. The van der Waals surface area contributed by atoms with Crippen LogP contribution in [0.4, 0.5) is 0 Å². The molecule has 3 aromatic rings. The largest absolute Gasteiger partial charge is 0.481 e. The Morgan fingerprint density at radius 1 is 1.08 bits per heavy atom. The number of amides is 2. The summed E-state index contributed by atoms with van der Waals surface area (Å²) in [5, 5.41) is 2.97. The van der Waals surface area contributed by atoms with Crippen LogP contribution in [-0.2, 0) is 22.6 Å². The highest BCUT2D eigenvalue weighted by molar-refractivity contribution is 5.82. The van der Waals surface area contributed by atoms with Crippen molar-refractivity contribution in [3.8, 4) is 5.75 Å². The quantitative estimate of drug-likeness (QED) is 0.502. The predicted octanol–water partition coefficient (Wildman–Crippen LogP) is 4.75. The Labute approximate surface area is 212 Å². The Bertz CT molecular complexity index is 1220. The van der Waals surface area contributed by atoms with Gasteiger partial charge in [-0.2, -0.15) is 0 Å². The topological polar surface area (TPSA) is 71.5 Å². The van der Waals surface area contributed by atoms with Gasteiger partial charge in [-0.3, -0.25) is 14.6 Å². The van der Waals surface area contributed by atoms with E-state index in [2.05, 4.69) is 47.6 Å². The van der Waals surface area contributed by atoms with E-state index in [1.165, 1.54) is 11.1 Å². The summed E-state index contributed by atoms with van der Waals surface area (Å²) >= 11 is 0. The monoisotopic (exact) mass is 483 g/mol. The van der Waals surface area contributed by atoms with E-state index in [4.69, 9.17) is 4.74 Å². The number of hydrogen-bond donors (Lipinski definition) is 1. The van der Waals surface area contributed by atoms with E-state index in [-0.39, 0.29) is 23.8 Å². The molecule has 1 aliphatic heterocycles. The lowest BCUT2D eigenvalue weighted by molar-refractivity contribution is -0.134. The second-order valence-corrected chi connectivity index (χ2v) is 9.82. The van der Waals surface area contributed by atoms with E-state index in [0.717, 1.165) is 42.5 Å². The number of nitrogens with zero attached hydrogens (tertiary/aromatic N) is 2. The molecule has 186 valence electrons. The van der Waals surface area contributed by atoms with Gasteiger partial charge in [0.15, 0.2) is 6.10 Å². The van der Waals surface area contributed by atoms with Crippen molar-refractivity contribution in [1.82, 2.24) is 15.2 Å². The molecule has 2 aromatic carbocycles. The molecule has 1 saturated carbocycles. The van der Waals surface area contributed by atoms with Crippen LogP contribution in [0.15, 0.2) is 67.0 Å². The molecule has 2 heterocycles. The van der Waals surface area contributed by atoms with Crippen LogP contribution in [0.3, 0.4) is 0 Å². The molecule has 1 aliphatic carbocycles. The summed E-state index contributed by atoms with van der Waals surface area (Å²) in [6.45, 7) is 5.16. The molecule has 2 atom stereocenters. The van der Waals surface area contributed by atoms with E-state index < -0.39 is 6.10 Å². The maximum Gasteiger partial charge on any atom is 0.261 e. The smallest absolute Gasteiger partial charge is 0.261 e. The molecule has 2 aliphatic rings. The number of benzene rings is 2. The predicted molar refractivity (Wildman–Crippen MR) is 138 cm³/mol. The lowest BCUT2D eigenvalue weighted by Crippen LogP contribution is -2.41. The first kappa shape index (κ1) is 24.0. The van der Waals surface area contributed by atoms with E-state index >= 15 is 0 Å². The zero-order valence-corrected chi connectivity index (χ0v) is 20.9. The van der Waals surface area contributed by atoms with Crippen molar-refractivity contribution >= 4 is 11.8 Å². The van der Waals surface area contributed by atoms with Gasteiger partial charge in [-0.05, 0) is 79.1 Å². The molecule has 0 saturated heterocycles. The first-order valence-corrected chi connectivity index (χ1v) is 12.9. The van der Waals surface area contributed by atoms with Gasteiger partial charge < -0.3 is 15.0 Å². The SMILES string of the molecule is CCC(Oc1ccc2c(c1)C(c1ccc(C)cc1)N(C(=O)C1CC1)CC2)C(=O)NCc1ccncc1.